The van der Waals surface area contributed by atoms with E-state index in [-0.39, 0.29) is 24.5 Å². The fourth-order valence-electron chi connectivity index (χ4n) is 4.31. The number of aliphatic hydroxyl groups is 2. The Morgan fingerprint density at radius 3 is 2.55 bits per heavy atom. The highest BCUT2D eigenvalue weighted by molar-refractivity contribution is 6.28. The molecular formula is C27H29ClN4O8. The van der Waals surface area contributed by atoms with E-state index in [1.807, 2.05) is 6.07 Å². The lowest BCUT2D eigenvalue weighted by molar-refractivity contribution is -0.191. The van der Waals surface area contributed by atoms with Crippen molar-refractivity contribution in [3.05, 3.63) is 53.2 Å². The average molecular weight is 573 g/mol. The van der Waals surface area contributed by atoms with Gasteiger partial charge in [-0.25, -0.2) is 14.8 Å². The van der Waals surface area contributed by atoms with Crippen LogP contribution in [-0.4, -0.2) is 77.5 Å². The van der Waals surface area contributed by atoms with Gasteiger partial charge in [0.2, 0.25) is 5.28 Å². The van der Waals surface area contributed by atoms with Gasteiger partial charge in [0.25, 0.3) is 0 Å². The second kappa shape index (κ2) is 13.6. The number of benzene rings is 1. The first-order valence-corrected chi connectivity index (χ1v) is 12.8. The van der Waals surface area contributed by atoms with Gasteiger partial charge in [-0.2, -0.15) is 14.6 Å². The van der Waals surface area contributed by atoms with E-state index in [0.29, 0.717) is 29.2 Å². The number of nitrogens with zero attached hydrogens (tertiary/aromatic N) is 4. The summed E-state index contributed by atoms with van der Waals surface area (Å²) in [6.07, 6.45) is 3.72. The molecule has 212 valence electrons. The normalized spacial score (nSPS) is 23.4. The fraction of sp³-hybridized carbons (Fsp3) is 0.444. The Hall–Kier alpha value is -3.69. The quantitative estimate of drug-likeness (QED) is 0.239. The smallest absolute Gasteiger partial charge is 0.373 e. The Morgan fingerprint density at radius 2 is 1.95 bits per heavy atom. The summed E-state index contributed by atoms with van der Waals surface area (Å²) in [5, 5.41) is 31.8. The molecule has 13 heteroatoms. The largest absolute Gasteiger partial charge is 0.479 e. The number of carbonyl (C=O) groups excluding carboxylic acids is 2. The predicted molar refractivity (Wildman–Crippen MR) is 140 cm³/mol. The lowest BCUT2D eigenvalue weighted by atomic mass is 9.93. The summed E-state index contributed by atoms with van der Waals surface area (Å²) in [6.45, 7) is 3.78. The van der Waals surface area contributed by atoms with E-state index in [2.05, 4.69) is 34.7 Å². The zero-order valence-electron chi connectivity index (χ0n) is 21.8. The highest BCUT2D eigenvalue weighted by Crippen LogP contribution is 2.39. The molecule has 3 aromatic rings. The van der Waals surface area contributed by atoms with E-state index in [4.69, 9.17) is 37.1 Å². The Morgan fingerprint density at radius 1 is 1.27 bits per heavy atom. The molecule has 4 rings (SSSR count). The van der Waals surface area contributed by atoms with Crippen LogP contribution in [0.5, 0.6) is 0 Å². The molecule has 0 aliphatic carbocycles. The van der Waals surface area contributed by atoms with Crippen molar-refractivity contribution in [2.45, 2.75) is 63.3 Å². The highest BCUT2D eigenvalue weighted by Gasteiger charge is 2.56. The van der Waals surface area contributed by atoms with Crippen molar-refractivity contribution in [2.75, 3.05) is 6.61 Å². The standard InChI is InChI=1S/C26H29ClN4O6.CO2/c1-4-15(3)11-17-20-22(30-25(27)29-17)31(14-28-20)23-21(32)26(35,5-2)19(37-23)13-36-18(24(33)34)12-16-9-7-6-8-10-16;2-1-3/h2,6-10,14-15,18-19,21,23,32,35H,4,11-13H2,1,3H3,(H,33,34);/t15-,18?,19+,21-,23+,26+;/m0./s1. The number of hydrogen-bond acceptors (Lipinski definition) is 10. The zero-order valence-corrected chi connectivity index (χ0v) is 22.6. The number of aromatic nitrogens is 4. The minimum absolute atomic E-state index is 0.0114. The number of ether oxygens (including phenoxy) is 2. The molecule has 6 atom stereocenters. The minimum Gasteiger partial charge on any atom is -0.479 e. The molecular weight excluding hydrogens is 544 g/mol. The molecule has 1 unspecified atom stereocenters. The second-order valence-corrected chi connectivity index (χ2v) is 9.68. The van der Waals surface area contributed by atoms with Gasteiger partial charge in [-0.05, 0) is 29.5 Å². The minimum atomic E-state index is -2.16. The zero-order chi connectivity index (χ0) is 29.4. The van der Waals surface area contributed by atoms with Gasteiger partial charge in [-0.3, -0.25) is 4.57 Å². The van der Waals surface area contributed by atoms with Crippen molar-refractivity contribution >= 4 is 34.9 Å². The molecule has 0 amide bonds. The molecule has 1 aliphatic heterocycles. The molecule has 1 fully saturated rings. The lowest BCUT2D eigenvalue weighted by Crippen LogP contribution is -2.48. The van der Waals surface area contributed by atoms with E-state index in [0.717, 1.165) is 12.0 Å². The SMILES string of the molecule is C#C[C@@]1(O)[C@@H](COC(Cc2ccccc2)C(=O)O)O[C@@H](n2cnc3c(C[C@@H](C)CC)nc(Cl)nc32)[C@@H]1O.O=C=O. The molecule has 0 spiro atoms. The molecule has 0 radical (unpaired) electrons. The summed E-state index contributed by atoms with van der Waals surface area (Å²) in [5.41, 5.74) is 0.0805. The monoisotopic (exact) mass is 572 g/mol. The van der Waals surface area contributed by atoms with Crippen LogP contribution in [0.2, 0.25) is 5.28 Å². The van der Waals surface area contributed by atoms with Crippen LogP contribution in [0.4, 0.5) is 0 Å². The van der Waals surface area contributed by atoms with E-state index in [9.17, 15) is 20.1 Å². The summed E-state index contributed by atoms with van der Waals surface area (Å²) in [7, 11) is 0. The summed E-state index contributed by atoms with van der Waals surface area (Å²) in [4.78, 5) is 41.1. The van der Waals surface area contributed by atoms with Crippen LogP contribution in [0.15, 0.2) is 36.7 Å². The third kappa shape index (κ3) is 6.71. The highest BCUT2D eigenvalue weighted by atomic mass is 35.5. The first kappa shape index (κ1) is 30.8. The van der Waals surface area contributed by atoms with Crippen LogP contribution in [0.3, 0.4) is 0 Å². The number of halogens is 1. The van der Waals surface area contributed by atoms with Crippen molar-refractivity contribution in [2.24, 2.45) is 5.92 Å². The van der Waals surface area contributed by atoms with Crippen molar-refractivity contribution in [3.63, 3.8) is 0 Å². The fourth-order valence-corrected chi connectivity index (χ4v) is 4.50. The number of aliphatic hydroxyl groups excluding tert-OH is 1. The van der Waals surface area contributed by atoms with Crippen LogP contribution in [0.25, 0.3) is 11.2 Å². The van der Waals surface area contributed by atoms with Crippen LogP contribution in [0.1, 0.15) is 37.8 Å². The third-order valence-corrected chi connectivity index (χ3v) is 6.88. The number of carboxylic acid groups (broad SMARTS) is 1. The maximum absolute atomic E-state index is 11.8. The predicted octanol–water partition coefficient (Wildman–Crippen LogP) is 1.82. The molecule has 1 aliphatic rings. The number of imidazole rings is 1. The first-order valence-electron chi connectivity index (χ1n) is 12.4. The third-order valence-electron chi connectivity index (χ3n) is 6.71. The maximum atomic E-state index is 11.8. The van der Waals surface area contributed by atoms with Gasteiger partial charge in [0, 0.05) is 6.42 Å². The molecule has 3 N–H and O–H groups in total. The van der Waals surface area contributed by atoms with Gasteiger partial charge in [0.05, 0.1) is 18.6 Å². The summed E-state index contributed by atoms with van der Waals surface area (Å²) < 4.78 is 13.0. The van der Waals surface area contributed by atoms with Gasteiger partial charge in [0.1, 0.15) is 17.7 Å². The van der Waals surface area contributed by atoms with Crippen molar-refractivity contribution in [1.82, 2.24) is 19.5 Å². The number of carbonyl (C=O) groups is 1. The van der Waals surface area contributed by atoms with Crippen LogP contribution < -0.4 is 0 Å². The number of fused-ring (bicyclic) bond motifs is 1. The summed E-state index contributed by atoms with van der Waals surface area (Å²) >= 11 is 6.19. The molecule has 2 aromatic heterocycles. The number of rotatable bonds is 10. The van der Waals surface area contributed by atoms with Crippen molar-refractivity contribution in [3.8, 4) is 12.3 Å². The second-order valence-electron chi connectivity index (χ2n) is 9.34. The first-order chi connectivity index (χ1) is 19.1. The topological polar surface area (TPSA) is 174 Å². The molecule has 0 saturated carbocycles. The average Bonchev–Trinajstić information content (AvgIpc) is 3.46. The number of carboxylic acids is 1. The maximum Gasteiger partial charge on any atom is 0.373 e. The molecule has 1 aromatic carbocycles. The van der Waals surface area contributed by atoms with Gasteiger partial charge < -0.3 is 24.8 Å². The molecule has 40 heavy (non-hydrogen) atoms. The Kier molecular flexibility index (Phi) is 10.5. The van der Waals surface area contributed by atoms with Gasteiger partial charge >= 0.3 is 12.1 Å². The molecule has 12 nitrogen and oxygen atoms in total. The molecule has 0 bridgehead atoms. The summed E-state index contributed by atoms with van der Waals surface area (Å²) in [5.74, 6) is 1.36. The Balaban J connectivity index is 0.00000141. The lowest BCUT2D eigenvalue weighted by Gasteiger charge is -2.26. The number of aliphatic carboxylic acids is 1. The number of terminal acetylenes is 1. The van der Waals surface area contributed by atoms with E-state index >= 15 is 0 Å². The van der Waals surface area contributed by atoms with Gasteiger partial charge in [0.15, 0.2) is 23.6 Å². The van der Waals surface area contributed by atoms with Crippen LogP contribution >= 0.6 is 11.6 Å². The van der Waals surface area contributed by atoms with E-state index in [1.165, 1.54) is 10.9 Å². The molecule has 1 saturated heterocycles. The Bertz CT molecular complexity index is 1390. The van der Waals surface area contributed by atoms with E-state index in [1.54, 1.807) is 24.3 Å². The van der Waals surface area contributed by atoms with Crippen molar-refractivity contribution < 1.29 is 39.2 Å². The summed E-state index contributed by atoms with van der Waals surface area (Å²) in [6, 6.07) is 9.00. The van der Waals surface area contributed by atoms with Gasteiger partial charge in [-0.15, -0.1) is 6.42 Å². The van der Waals surface area contributed by atoms with E-state index < -0.39 is 36.1 Å². The van der Waals surface area contributed by atoms with Crippen LogP contribution in [-0.2, 0) is 36.7 Å². The van der Waals surface area contributed by atoms with Crippen molar-refractivity contribution in [1.29, 1.82) is 0 Å². The van der Waals surface area contributed by atoms with Gasteiger partial charge in [-0.1, -0.05) is 56.5 Å². The molecule has 3 heterocycles. The van der Waals surface area contributed by atoms with Crippen LogP contribution in [0, 0.1) is 18.3 Å². The Labute approximate surface area is 234 Å². The number of hydrogen-bond donors (Lipinski definition) is 3.